The summed E-state index contributed by atoms with van der Waals surface area (Å²) >= 11 is 0. The molecule has 0 fully saturated rings. The number of aromatic nitrogens is 1. The highest BCUT2D eigenvalue weighted by molar-refractivity contribution is 5.95. The third kappa shape index (κ3) is 5.84. The maximum absolute atomic E-state index is 12.2. The molecule has 1 heterocycles. The van der Waals surface area contributed by atoms with E-state index in [0.29, 0.717) is 5.56 Å². The van der Waals surface area contributed by atoms with Crippen LogP contribution >= 0.6 is 0 Å². The fraction of sp³-hybridized carbons (Fsp3) is 0.286. The number of hydrogen-bond acceptors (Lipinski definition) is 4. The smallest absolute Gasteiger partial charge is 0.253 e. The van der Waals surface area contributed by atoms with Gasteiger partial charge in [0.2, 0.25) is 11.8 Å². The Bertz CT molecular complexity index is 930. The Morgan fingerprint density at radius 2 is 1.89 bits per heavy atom. The summed E-state index contributed by atoms with van der Waals surface area (Å²) in [5, 5.41) is 5.28. The Balaban J connectivity index is 1.88. The Labute approximate surface area is 163 Å². The van der Waals surface area contributed by atoms with Gasteiger partial charge in [-0.15, -0.1) is 0 Å². The number of aryl methyl sites for hydroxylation is 2. The second-order valence-electron chi connectivity index (χ2n) is 6.50. The van der Waals surface area contributed by atoms with Crippen LogP contribution in [0.2, 0.25) is 0 Å². The van der Waals surface area contributed by atoms with E-state index < -0.39 is 6.04 Å². The van der Waals surface area contributed by atoms with E-state index in [1.807, 2.05) is 25.1 Å². The number of H-pyrrole nitrogens is 1. The van der Waals surface area contributed by atoms with E-state index in [4.69, 9.17) is 4.74 Å². The lowest BCUT2D eigenvalue weighted by Gasteiger charge is -2.13. The predicted octanol–water partition coefficient (Wildman–Crippen LogP) is 1.83. The number of methoxy groups -OCH3 is 1. The summed E-state index contributed by atoms with van der Waals surface area (Å²) in [7, 11) is 1.58. The molecule has 148 valence electrons. The average molecular weight is 383 g/mol. The second-order valence-corrected chi connectivity index (χ2v) is 6.50. The van der Waals surface area contributed by atoms with Crippen LogP contribution in [-0.4, -0.2) is 29.9 Å². The first kappa shape index (κ1) is 21.0. The number of pyridine rings is 1. The summed E-state index contributed by atoms with van der Waals surface area (Å²) in [6.07, 6.45) is 3.01. The van der Waals surface area contributed by atoms with Crippen LogP contribution in [0.15, 0.2) is 41.2 Å². The minimum absolute atomic E-state index is 0.0994. The number of benzene rings is 1. The van der Waals surface area contributed by atoms with Gasteiger partial charge in [-0.3, -0.25) is 14.4 Å². The molecule has 0 spiro atoms. The minimum Gasteiger partial charge on any atom is -0.497 e. The molecule has 1 atom stereocenters. The van der Waals surface area contributed by atoms with Gasteiger partial charge in [-0.25, -0.2) is 0 Å². The number of rotatable bonds is 7. The summed E-state index contributed by atoms with van der Waals surface area (Å²) in [6, 6.07) is 8.33. The molecule has 1 aromatic heterocycles. The number of aromatic amines is 1. The molecule has 2 amide bonds. The fourth-order valence-electron chi connectivity index (χ4n) is 2.64. The van der Waals surface area contributed by atoms with Gasteiger partial charge in [-0.05, 0) is 56.2 Å². The first-order valence-corrected chi connectivity index (χ1v) is 8.90. The molecule has 28 heavy (non-hydrogen) atoms. The van der Waals surface area contributed by atoms with E-state index in [9.17, 15) is 14.4 Å². The zero-order valence-electron chi connectivity index (χ0n) is 16.5. The normalized spacial score (nSPS) is 11.9. The maximum Gasteiger partial charge on any atom is 0.253 e. The number of carbonyl (C=O) groups is 2. The van der Waals surface area contributed by atoms with E-state index in [1.54, 1.807) is 39.2 Å². The molecule has 0 aliphatic rings. The number of hydrogen-bond donors (Lipinski definition) is 3. The van der Waals surface area contributed by atoms with Gasteiger partial charge in [0.15, 0.2) is 0 Å². The highest BCUT2D eigenvalue weighted by Gasteiger charge is 2.15. The average Bonchev–Trinajstić information content (AvgIpc) is 2.65. The van der Waals surface area contributed by atoms with E-state index in [2.05, 4.69) is 15.6 Å². The van der Waals surface area contributed by atoms with Crippen molar-refractivity contribution in [2.45, 2.75) is 33.4 Å². The molecule has 7 nitrogen and oxygen atoms in total. The van der Waals surface area contributed by atoms with Gasteiger partial charge in [0.05, 0.1) is 7.11 Å². The molecule has 2 aromatic rings. The first-order valence-electron chi connectivity index (χ1n) is 8.90. The van der Waals surface area contributed by atoms with Crippen LogP contribution in [0.25, 0.3) is 6.08 Å². The van der Waals surface area contributed by atoms with Gasteiger partial charge in [-0.1, -0.05) is 12.1 Å². The van der Waals surface area contributed by atoms with E-state index in [1.165, 1.54) is 6.08 Å². The Morgan fingerprint density at radius 1 is 1.21 bits per heavy atom. The van der Waals surface area contributed by atoms with E-state index >= 15 is 0 Å². The standard InChI is InChI=1S/C21H25N3O4/c1-13-11-14(2)23-21(27)18(13)12-22-20(26)15(3)24-19(25)10-7-16-5-8-17(28-4)9-6-16/h5-11,15H,12H2,1-4H3,(H,22,26)(H,23,27)(H,24,25)/b10-7+. The van der Waals surface area contributed by atoms with Gasteiger partial charge in [-0.2, -0.15) is 0 Å². The summed E-state index contributed by atoms with van der Waals surface area (Å²) < 4.78 is 5.08. The predicted molar refractivity (Wildman–Crippen MR) is 108 cm³/mol. The van der Waals surface area contributed by atoms with E-state index in [0.717, 1.165) is 22.6 Å². The molecule has 7 heteroatoms. The topological polar surface area (TPSA) is 100 Å². The van der Waals surface area contributed by atoms with Crippen molar-refractivity contribution in [3.8, 4) is 5.75 Å². The molecule has 0 saturated carbocycles. The lowest BCUT2D eigenvalue weighted by Crippen LogP contribution is -2.44. The number of ether oxygens (including phenoxy) is 1. The van der Waals surface area contributed by atoms with Crippen molar-refractivity contribution in [3.05, 3.63) is 69.1 Å². The fourth-order valence-corrected chi connectivity index (χ4v) is 2.64. The molecule has 0 radical (unpaired) electrons. The van der Waals surface area contributed by atoms with Crippen molar-refractivity contribution in [2.75, 3.05) is 7.11 Å². The van der Waals surface area contributed by atoms with Crippen LogP contribution in [0.4, 0.5) is 0 Å². The lowest BCUT2D eigenvalue weighted by molar-refractivity contribution is -0.126. The van der Waals surface area contributed by atoms with Crippen molar-refractivity contribution >= 4 is 17.9 Å². The molecule has 0 aliphatic heterocycles. The quantitative estimate of drug-likeness (QED) is 0.635. The largest absolute Gasteiger partial charge is 0.497 e. The van der Waals surface area contributed by atoms with Crippen LogP contribution in [0.3, 0.4) is 0 Å². The van der Waals surface area contributed by atoms with E-state index in [-0.39, 0.29) is 23.9 Å². The molecule has 0 bridgehead atoms. The van der Waals surface area contributed by atoms with Crippen LogP contribution in [0.1, 0.15) is 29.3 Å². The first-order chi connectivity index (χ1) is 13.3. The zero-order valence-corrected chi connectivity index (χ0v) is 16.5. The maximum atomic E-state index is 12.2. The molecular weight excluding hydrogens is 358 g/mol. The SMILES string of the molecule is COc1ccc(/C=C/C(=O)NC(C)C(=O)NCc2c(C)cc(C)[nH]c2=O)cc1. The highest BCUT2D eigenvalue weighted by atomic mass is 16.5. The van der Waals surface area contributed by atoms with Gasteiger partial charge in [0.1, 0.15) is 11.8 Å². The van der Waals surface area contributed by atoms with Crippen molar-refractivity contribution in [3.63, 3.8) is 0 Å². The number of carbonyl (C=O) groups excluding carboxylic acids is 2. The van der Waals surface area contributed by atoms with Gasteiger partial charge in [0.25, 0.3) is 5.56 Å². The molecule has 3 N–H and O–H groups in total. The van der Waals surface area contributed by atoms with Crippen molar-refractivity contribution in [2.24, 2.45) is 0 Å². The number of amides is 2. The lowest BCUT2D eigenvalue weighted by atomic mass is 10.1. The third-order valence-electron chi connectivity index (χ3n) is 4.23. The Hall–Kier alpha value is -3.35. The second kappa shape index (κ2) is 9.55. The van der Waals surface area contributed by atoms with Gasteiger partial charge < -0.3 is 20.4 Å². The molecule has 0 saturated heterocycles. The van der Waals surface area contributed by atoms with Crippen LogP contribution in [0, 0.1) is 13.8 Å². The minimum atomic E-state index is -0.738. The Kier molecular flexibility index (Phi) is 7.14. The zero-order chi connectivity index (χ0) is 20.7. The van der Waals surface area contributed by atoms with Crippen LogP contribution < -0.4 is 20.9 Å². The van der Waals surface area contributed by atoms with Crippen molar-refractivity contribution in [1.82, 2.24) is 15.6 Å². The molecule has 1 unspecified atom stereocenters. The van der Waals surface area contributed by atoms with Crippen molar-refractivity contribution in [1.29, 1.82) is 0 Å². The summed E-state index contributed by atoms with van der Waals surface area (Å²) in [5.41, 5.74) is 2.68. The molecule has 2 rings (SSSR count). The number of nitrogens with one attached hydrogen (secondary N) is 3. The van der Waals surface area contributed by atoms with Crippen LogP contribution in [-0.2, 0) is 16.1 Å². The summed E-state index contributed by atoms with van der Waals surface area (Å²) in [6.45, 7) is 5.30. The van der Waals surface area contributed by atoms with Crippen molar-refractivity contribution < 1.29 is 14.3 Å². The third-order valence-corrected chi connectivity index (χ3v) is 4.23. The monoisotopic (exact) mass is 383 g/mol. The van der Waals surface area contributed by atoms with Gasteiger partial charge in [0, 0.05) is 23.9 Å². The highest BCUT2D eigenvalue weighted by Crippen LogP contribution is 2.12. The van der Waals surface area contributed by atoms with Gasteiger partial charge >= 0.3 is 0 Å². The summed E-state index contributed by atoms with van der Waals surface area (Å²) in [4.78, 5) is 38.9. The Morgan fingerprint density at radius 3 is 2.50 bits per heavy atom. The molecule has 0 aliphatic carbocycles. The van der Waals surface area contributed by atoms with Crippen LogP contribution in [0.5, 0.6) is 5.75 Å². The molecule has 1 aromatic carbocycles. The summed E-state index contributed by atoms with van der Waals surface area (Å²) in [5.74, 6) is -0.0250. The molecular formula is C21H25N3O4.